The van der Waals surface area contributed by atoms with Gasteiger partial charge in [-0.3, -0.25) is 0 Å². The number of rotatable bonds is 19. The molecule has 4 aromatic carbocycles. The molecule has 2 fully saturated rings. The number of hydrogen-bond donors (Lipinski definition) is 8. The summed E-state index contributed by atoms with van der Waals surface area (Å²) < 4.78 is 46.7. The molecule has 5 amide bonds. The van der Waals surface area contributed by atoms with Crippen molar-refractivity contribution in [3.8, 4) is 11.5 Å². The number of carbonyl (C=O) groups excluding carboxylic acids is 3. The fourth-order valence-corrected chi connectivity index (χ4v) is 7.92. The van der Waals surface area contributed by atoms with E-state index in [9.17, 15) is 34.2 Å². The highest BCUT2D eigenvalue weighted by Gasteiger charge is 2.39. The molecule has 2 unspecified atom stereocenters. The molecule has 70 heavy (non-hydrogen) atoms. The lowest BCUT2D eigenvalue weighted by Crippen LogP contribution is -2.47. The number of anilines is 3. The second-order valence-electron chi connectivity index (χ2n) is 18.2. The lowest BCUT2D eigenvalue weighted by Gasteiger charge is -2.33. The van der Waals surface area contributed by atoms with E-state index in [4.69, 9.17) is 19.9 Å². The third kappa shape index (κ3) is 15.6. The van der Waals surface area contributed by atoms with Gasteiger partial charge in [-0.15, -0.1) is 0 Å². The number of carbonyl (C=O) groups is 5. The second kappa shape index (κ2) is 24.3. The van der Waals surface area contributed by atoms with Crippen molar-refractivity contribution in [3.05, 3.63) is 113 Å². The molecule has 0 saturated carbocycles. The average molecular weight is 973 g/mol. The van der Waals surface area contributed by atoms with Gasteiger partial charge in [-0.05, 0) is 119 Å². The number of aliphatic carboxylic acids is 2. The first-order valence-electron chi connectivity index (χ1n) is 23.3. The number of carboxylic acids is 2. The Kier molecular flexibility index (Phi) is 18.0. The van der Waals surface area contributed by atoms with Gasteiger partial charge in [0.2, 0.25) is 12.2 Å². The average Bonchev–Trinajstić information content (AvgIpc) is 3.31. The summed E-state index contributed by atoms with van der Waals surface area (Å²) in [5, 5.41) is 34.9. The van der Waals surface area contributed by atoms with Crippen molar-refractivity contribution in [2.75, 3.05) is 55.2 Å². The van der Waals surface area contributed by atoms with E-state index in [1.54, 1.807) is 30.6 Å². The monoisotopic (exact) mass is 972 g/mol. The molecule has 376 valence electrons. The van der Waals surface area contributed by atoms with Crippen LogP contribution in [0.2, 0.25) is 0 Å². The van der Waals surface area contributed by atoms with Crippen molar-refractivity contribution in [1.82, 2.24) is 20.4 Å². The van der Waals surface area contributed by atoms with Crippen LogP contribution in [-0.4, -0.2) is 119 Å². The highest BCUT2D eigenvalue weighted by atomic mass is 19.1. The summed E-state index contributed by atoms with van der Waals surface area (Å²) in [4.78, 5) is 65.7. The lowest BCUT2D eigenvalue weighted by molar-refractivity contribution is -0.161. The largest absolute Gasteiger partial charge is 0.478 e. The quantitative estimate of drug-likeness (QED) is 0.0483. The van der Waals surface area contributed by atoms with Gasteiger partial charge in [-0.25, -0.2) is 32.8 Å². The predicted molar refractivity (Wildman–Crippen MR) is 258 cm³/mol. The molecule has 20 heteroatoms. The maximum absolute atomic E-state index is 15.3. The summed E-state index contributed by atoms with van der Waals surface area (Å²) in [6.07, 6.45) is -0.806. The predicted octanol–water partition coefficient (Wildman–Crippen LogP) is 6.79. The van der Waals surface area contributed by atoms with Crippen LogP contribution < -0.4 is 41.8 Å². The Morgan fingerprint density at radius 1 is 0.671 bits per heavy atom. The topological polar surface area (TPSA) is 246 Å². The van der Waals surface area contributed by atoms with Crippen molar-refractivity contribution >= 4 is 47.2 Å². The molecule has 6 rings (SSSR count). The number of piperidine rings is 2. The number of halogens is 2. The zero-order valence-electron chi connectivity index (χ0n) is 39.5. The van der Waals surface area contributed by atoms with Crippen molar-refractivity contribution in [2.24, 2.45) is 5.73 Å². The van der Waals surface area contributed by atoms with Gasteiger partial charge in [0.15, 0.2) is 0 Å². The molecule has 2 aliphatic heterocycles. The lowest BCUT2D eigenvalue weighted by atomic mass is 10.0. The molecular formula is C50H62F2N8O10. The molecule has 0 aromatic heterocycles. The molecule has 2 aliphatic rings. The first-order chi connectivity index (χ1) is 33.4. The van der Waals surface area contributed by atoms with Gasteiger partial charge in [0, 0.05) is 80.4 Å². The van der Waals surface area contributed by atoms with E-state index < -0.39 is 53.5 Å². The maximum Gasteiger partial charge on any atom is 0.407 e. The highest BCUT2D eigenvalue weighted by Crippen LogP contribution is 2.26. The van der Waals surface area contributed by atoms with Gasteiger partial charge < -0.3 is 66.5 Å². The van der Waals surface area contributed by atoms with Gasteiger partial charge >= 0.3 is 30.1 Å². The van der Waals surface area contributed by atoms with Gasteiger partial charge in [0.25, 0.3) is 0 Å². The molecule has 2 saturated heterocycles. The fourth-order valence-electron chi connectivity index (χ4n) is 7.92. The number of hydrogen-bond acceptors (Lipinski definition) is 11. The molecule has 0 bridgehead atoms. The molecule has 0 aliphatic carbocycles. The number of likely N-dealkylation sites (tertiary alicyclic amines) is 2. The Balaban J connectivity index is 0.934. The summed E-state index contributed by atoms with van der Waals surface area (Å²) >= 11 is 0. The van der Waals surface area contributed by atoms with Crippen LogP contribution in [0.5, 0.6) is 11.5 Å². The zero-order valence-corrected chi connectivity index (χ0v) is 39.5. The first kappa shape index (κ1) is 52.0. The molecule has 2 atom stereocenters. The highest BCUT2D eigenvalue weighted by molar-refractivity contribution is 5.89. The Labute approximate surface area is 405 Å². The Morgan fingerprint density at radius 3 is 1.63 bits per heavy atom. The number of ether oxygens (including phenoxy) is 3. The van der Waals surface area contributed by atoms with Gasteiger partial charge in [-0.1, -0.05) is 30.3 Å². The summed E-state index contributed by atoms with van der Waals surface area (Å²) in [7, 11) is 0. The summed E-state index contributed by atoms with van der Waals surface area (Å²) in [6, 6.07) is 21.7. The number of nitrogens with two attached hydrogens (primary N) is 1. The standard InChI is InChI=1S/C50H62F2N8O10/c1-50(2,3)70-49(67)54-23-17-32-6-11-35(12-7-32)57-37-20-26-60(27-21-37)48(66)58-42-15-14-39(29-41(42)52)69-44(46(63)64)43(45(61)62)68-38-13-8-33(40(51)28-38)30-55-47(65)59-24-18-36(19-25-59)56-34-9-4-31(5-10-34)16-22-53/h4-15,28-29,36-37,43-44,56-57H,16-27,30,53H2,1-3H3,(H,54,67)(H,55,65)(H,58,66)(H,61,62)(H,63,64). The van der Waals surface area contributed by atoms with E-state index in [0.717, 1.165) is 47.1 Å². The fraction of sp³-hybridized carbons (Fsp3) is 0.420. The van der Waals surface area contributed by atoms with Crippen molar-refractivity contribution in [3.63, 3.8) is 0 Å². The van der Waals surface area contributed by atoms with Crippen LogP contribution in [0.15, 0.2) is 84.9 Å². The third-order valence-electron chi connectivity index (χ3n) is 11.7. The maximum atomic E-state index is 15.3. The number of alkyl carbamates (subject to hydrolysis) is 1. The Hall–Kier alpha value is -7.35. The Morgan fingerprint density at radius 2 is 1.16 bits per heavy atom. The number of benzene rings is 4. The molecular weight excluding hydrogens is 911 g/mol. The van der Waals surface area contributed by atoms with E-state index in [0.29, 0.717) is 71.4 Å². The van der Waals surface area contributed by atoms with Crippen LogP contribution in [0.25, 0.3) is 0 Å². The van der Waals surface area contributed by atoms with Crippen LogP contribution in [0.4, 0.5) is 40.2 Å². The van der Waals surface area contributed by atoms with Gasteiger partial charge in [-0.2, -0.15) is 0 Å². The van der Waals surface area contributed by atoms with E-state index in [1.807, 2.05) is 48.5 Å². The second-order valence-corrected chi connectivity index (χ2v) is 18.2. The van der Waals surface area contributed by atoms with E-state index in [1.165, 1.54) is 18.2 Å². The van der Waals surface area contributed by atoms with Crippen molar-refractivity contribution < 1.29 is 57.2 Å². The van der Waals surface area contributed by atoms with Crippen LogP contribution in [0.1, 0.15) is 63.1 Å². The van der Waals surface area contributed by atoms with Crippen LogP contribution in [-0.2, 0) is 33.7 Å². The van der Waals surface area contributed by atoms with Crippen LogP contribution in [0.3, 0.4) is 0 Å². The van der Waals surface area contributed by atoms with E-state index in [-0.39, 0.29) is 47.4 Å². The minimum Gasteiger partial charge on any atom is -0.478 e. The summed E-state index contributed by atoms with van der Waals surface area (Å²) in [6.45, 7) is 7.96. The van der Waals surface area contributed by atoms with Gasteiger partial charge in [0.1, 0.15) is 28.7 Å². The molecule has 0 radical (unpaired) electrons. The molecule has 9 N–H and O–H groups in total. The molecule has 18 nitrogen and oxygen atoms in total. The normalized spacial score (nSPS) is 15.2. The van der Waals surface area contributed by atoms with Crippen molar-refractivity contribution in [2.45, 2.75) is 95.7 Å². The number of amides is 5. The smallest absolute Gasteiger partial charge is 0.407 e. The zero-order chi connectivity index (χ0) is 50.4. The summed E-state index contributed by atoms with van der Waals surface area (Å²) in [5.74, 6) is -6.05. The minimum absolute atomic E-state index is 0.0693. The number of carboxylic acid groups (broad SMARTS) is 2. The van der Waals surface area contributed by atoms with Crippen molar-refractivity contribution in [1.29, 1.82) is 0 Å². The number of urea groups is 2. The third-order valence-corrected chi connectivity index (χ3v) is 11.7. The molecule has 4 aromatic rings. The summed E-state index contributed by atoms with van der Waals surface area (Å²) in [5.41, 5.74) is 9.00. The van der Waals surface area contributed by atoms with Gasteiger partial charge in [0.05, 0.1) is 5.69 Å². The van der Waals surface area contributed by atoms with E-state index >= 15 is 8.78 Å². The van der Waals surface area contributed by atoms with Crippen LogP contribution >= 0.6 is 0 Å². The molecule has 2 heterocycles. The SMILES string of the molecule is CC(C)(C)OC(=O)NCCc1ccc(NC2CCN(C(=O)Nc3ccc(OC(C(=O)O)C(Oc4ccc(CNC(=O)N5CCC(Nc6ccc(CCN)cc6)CC5)c(F)c4)C(=O)O)cc3F)CC2)cc1. The number of nitrogens with zero attached hydrogens (tertiary/aromatic N) is 2. The minimum atomic E-state index is -2.22. The molecule has 0 spiro atoms. The Bertz CT molecular complexity index is 2420. The first-order valence-corrected chi connectivity index (χ1v) is 23.3. The number of nitrogens with one attached hydrogen (secondary N) is 5. The van der Waals surface area contributed by atoms with Crippen LogP contribution in [0, 0.1) is 11.6 Å². The van der Waals surface area contributed by atoms with E-state index in [2.05, 4.69) is 26.6 Å².